The van der Waals surface area contributed by atoms with Crippen molar-refractivity contribution in [1.29, 1.82) is 0 Å². The van der Waals surface area contributed by atoms with E-state index in [1.807, 2.05) is 24.3 Å². The van der Waals surface area contributed by atoms with Gasteiger partial charge in [0.15, 0.2) is 0 Å². The van der Waals surface area contributed by atoms with Crippen molar-refractivity contribution in [1.82, 2.24) is 5.32 Å². The van der Waals surface area contributed by atoms with E-state index in [9.17, 15) is 14.7 Å². The molecular formula is C21H19NO5. The van der Waals surface area contributed by atoms with Gasteiger partial charge >= 0.3 is 5.97 Å². The summed E-state index contributed by atoms with van der Waals surface area (Å²) in [7, 11) is 3.02. The summed E-state index contributed by atoms with van der Waals surface area (Å²) < 4.78 is 10.2. The predicted octanol–water partition coefficient (Wildman–Crippen LogP) is 3.49. The third-order valence-electron chi connectivity index (χ3n) is 4.26. The maximum absolute atomic E-state index is 12.4. The van der Waals surface area contributed by atoms with E-state index in [0.29, 0.717) is 11.1 Å². The molecule has 0 saturated carbocycles. The molecule has 0 heterocycles. The lowest BCUT2D eigenvalue weighted by atomic mass is 10.1. The second-order valence-corrected chi connectivity index (χ2v) is 5.95. The fraction of sp³-hybridized carbons (Fsp3) is 0.143. The first-order valence-corrected chi connectivity index (χ1v) is 8.28. The largest absolute Gasteiger partial charge is 0.497 e. The van der Waals surface area contributed by atoms with Gasteiger partial charge in [-0.05, 0) is 52.7 Å². The summed E-state index contributed by atoms with van der Waals surface area (Å²) in [5, 5.41) is 14.0. The van der Waals surface area contributed by atoms with Gasteiger partial charge in [-0.2, -0.15) is 0 Å². The molecule has 0 saturated heterocycles. The van der Waals surface area contributed by atoms with Crippen molar-refractivity contribution in [2.75, 3.05) is 14.2 Å². The number of benzene rings is 3. The quantitative estimate of drug-likeness (QED) is 0.699. The molecule has 6 heteroatoms. The molecule has 138 valence electrons. The van der Waals surface area contributed by atoms with Crippen molar-refractivity contribution in [3.8, 4) is 11.5 Å². The summed E-state index contributed by atoms with van der Waals surface area (Å²) in [6, 6.07) is 15.8. The van der Waals surface area contributed by atoms with Crippen LogP contribution < -0.4 is 14.8 Å². The monoisotopic (exact) mass is 365 g/mol. The number of carboxylic acid groups (broad SMARTS) is 1. The van der Waals surface area contributed by atoms with Gasteiger partial charge in [-0.3, -0.25) is 4.79 Å². The molecule has 0 radical (unpaired) electrons. The highest BCUT2D eigenvalue weighted by Crippen LogP contribution is 2.22. The van der Waals surface area contributed by atoms with Gasteiger partial charge in [-0.15, -0.1) is 0 Å². The number of rotatable bonds is 6. The molecule has 0 bridgehead atoms. The Morgan fingerprint density at radius 1 is 0.926 bits per heavy atom. The van der Waals surface area contributed by atoms with Crippen molar-refractivity contribution in [3.63, 3.8) is 0 Å². The second kappa shape index (κ2) is 7.78. The van der Waals surface area contributed by atoms with Gasteiger partial charge in [0.25, 0.3) is 5.91 Å². The minimum Gasteiger partial charge on any atom is -0.497 e. The summed E-state index contributed by atoms with van der Waals surface area (Å²) >= 11 is 0. The number of nitrogens with one attached hydrogen (secondary N) is 1. The number of carbonyl (C=O) groups is 2. The Morgan fingerprint density at radius 3 is 2.37 bits per heavy atom. The van der Waals surface area contributed by atoms with Crippen LogP contribution in [-0.4, -0.2) is 31.2 Å². The molecule has 27 heavy (non-hydrogen) atoms. The molecule has 0 unspecified atom stereocenters. The minimum atomic E-state index is -1.08. The Labute approximate surface area is 156 Å². The zero-order valence-corrected chi connectivity index (χ0v) is 15.0. The number of aromatic carboxylic acids is 1. The summed E-state index contributed by atoms with van der Waals surface area (Å²) in [6.07, 6.45) is 0. The van der Waals surface area contributed by atoms with Crippen molar-refractivity contribution in [2.24, 2.45) is 0 Å². The Morgan fingerprint density at radius 2 is 1.67 bits per heavy atom. The van der Waals surface area contributed by atoms with E-state index in [2.05, 4.69) is 5.32 Å². The van der Waals surface area contributed by atoms with E-state index >= 15 is 0 Å². The Hall–Kier alpha value is -3.54. The maximum atomic E-state index is 12.4. The molecule has 3 rings (SSSR count). The van der Waals surface area contributed by atoms with Crippen molar-refractivity contribution in [3.05, 3.63) is 71.3 Å². The van der Waals surface area contributed by atoms with E-state index in [0.717, 1.165) is 16.5 Å². The zero-order valence-electron chi connectivity index (χ0n) is 15.0. The van der Waals surface area contributed by atoms with Crippen LogP contribution in [0.1, 0.15) is 26.3 Å². The standard InChI is InChI=1S/C21H19NO5/c1-26-17-7-6-14-10-16(5-4-15(14)11-17)20(23)22-12-13-3-8-19(27-2)18(9-13)21(24)25/h3-11H,12H2,1-2H3,(H,22,23)(H,24,25). The van der Waals surface area contributed by atoms with E-state index in [1.165, 1.54) is 13.2 Å². The molecule has 0 aliphatic carbocycles. The number of carbonyl (C=O) groups excluding carboxylic acids is 1. The number of amides is 1. The van der Waals surface area contributed by atoms with Crippen LogP contribution in [0.15, 0.2) is 54.6 Å². The van der Waals surface area contributed by atoms with Crippen LogP contribution in [-0.2, 0) is 6.54 Å². The number of fused-ring (bicyclic) bond motifs is 1. The highest BCUT2D eigenvalue weighted by molar-refractivity contribution is 5.98. The fourth-order valence-corrected chi connectivity index (χ4v) is 2.81. The van der Waals surface area contributed by atoms with Gasteiger partial charge in [0, 0.05) is 12.1 Å². The van der Waals surface area contributed by atoms with Crippen LogP contribution in [0.25, 0.3) is 10.8 Å². The first kappa shape index (κ1) is 18.3. The van der Waals surface area contributed by atoms with Gasteiger partial charge in [0.05, 0.1) is 14.2 Å². The average Bonchev–Trinajstić information content (AvgIpc) is 2.70. The first-order chi connectivity index (χ1) is 13.0. The molecule has 0 fully saturated rings. The topological polar surface area (TPSA) is 84.9 Å². The highest BCUT2D eigenvalue weighted by Gasteiger charge is 2.12. The molecule has 0 aromatic heterocycles. The van der Waals surface area contributed by atoms with Crippen LogP contribution in [0, 0.1) is 0 Å². The molecule has 2 N–H and O–H groups in total. The minimum absolute atomic E-state index is 0.0592. The molecule has 0 aliphatic rings. The number of hydrogen-bond acceptors (Lipinski definition) is 4. The van der Waals surface area contributed by atoms with Crippen LogP contribution >= 0.6 is 0 Å². The molecule has 6 nitrogen and oxygen atoms in total. The Bertz CT molecular complexity index is 1010. The number of carboxylic acids is 1. The van der Waals surface area contributed by atoms with Gasteiger partial charge in [-0.1, -0.05) is 18.2 Å². The van der Waals surface area contributed by atoms with Crippen molar-refractivity contribution < 1.29 is 24.2 Å². The average molecular weight is 365 g/mol. The third kappa shape index (κ3) is 4.00. The fourth-order valence-electron chi connectivity index (χ4n) is 2.81. The van der Waals surface area contributed by atoms with Gasteiger partial charge < -0.3 is 19.9 Å². The second-order valence-electron chi connectivity index (χ2n) is 5.95. The maximum Gasteiger partial charge on any atom is 0.339 e. The van der Waals surface area contributed by atoms with E-state index in [-0.39, 0.29) is 23.8 Å². The van der Waals surface area contributed by atoms with Crippen LogP contribution in [0.5, 0.6) is 11.5 Å². The SMILES string of the molecule is COc1ccc2cc(C(=O)NCc3ccc(OC)c(C(=O)O)c3)ccc2c1. The van der Waals surface area contributed by atoms with Crippen molar-refractivity contribution >= 4 is 22.6 Å². The van der Waals surface area contributed by atoms with Crippen LogP contribution in [0.3, 0.4) is 0 Å². The van der Waals surface area contributed by atoms with E-state index in [1.54, 1.807) is 31.4 Å². The van der Waals surface area contributed by atoms with Crippen LogP contribution in [0.2, 0.25) is 0 Å². The lowest BCUT2D eigenvalue weighted by molar-refractivity contribution is 0.0693. The summed E-state index contributed by atoms with van der Waals surface area (Å²) in [4.78, 5) is 23.7. The predicted molar refractivity (Wildman–Crippen MR) is 102 cm³/mol. The number of hydrogen-bond donors (Lipinski definition) is 2. The smallest absolute Gasteiger partial charge is 0.339 e. The molecule has 0 spiro atoms. The zero-order chi connectivity index (χ0) is 19.4. The molecule has 3 aromatic carbocycles. The van der Waals surface area contributed by atoms with Gasteiger partial charge in [0.1, 0.15) is 17.1 Å². The molecule has 3 aromatic rings. The highest BCUT2D eigenvalue weighted by atomic mass is 16.5. The Kier molecular flexibility index (Phi) is 5.26. The number of ether oxygens (including phenoxy) is 2. The molecule has 0 atom stereocenters. The summed E-state index contributed by atoms with van der Waals surface area (Å²) in [6.45, 7) is 0.212. The molecule has 0 aliphatic heterocycles. The van der Waals surface area contributed by atoms with Crippen LogP contribution in [0.4, 0.5) is 0 Å². The molecule has 1 amide bonds. The molecular weight excluding hydrogens is 346 g/mol. The normalized spacial score (nSPS) is 10.4. The Balaban J connectivity index is 1.75. The summed E-state index contributed by atoms with van der Waals surface area (Å²) in [5.41, 5.74) is 1.26. The summed E-state index contributed by atoms with van der Waals surface area (Å²) in [5.74, 6) is -0.277. The van der Waals surface area contributed by atoms with E-state index < -0.39 is 5.97 Å². The van der Waals surface area contributed by atoms with Gasteiger partial charge in [0.2, 0.25) is 0 Å². The van der Waals surface area contributed by atoms with Crippen molar-refractivity contribution in [2.45, 2.75) is 6.54 Å². The number of methoxy groups -OCH3 is 2. The first-order valence-electron chi connectivity index (χ1n) is 8.28. The van der Waals surface area contributed by atoms with E-state index in [4.69, 9.17) is 9.47 Å². The lowest BCUT2D eigenvalue weighted by Gasteiger charge is -2.10. The lowest BCUT2D eigenvalue weighted by Crippen LogP contribution is -2.22. The van der Waals surface area contributed by atoms with Gasteiger partial charge in [-0.25, -0.2) is 4.79 Å². The third-order valence-corrected chi connectivity index (χ3v) is 4.26.